The Kier molecular flexibility index (Phi) is 3.24. The molecule has 0 bridgehead atoms. The summed E-state index contributed by atoms with van der Waals surface area (Å²) in [7, 11) is 1.56. The first kappa shape index (κ1) is 10.7. The Hall–Kier alpha value is -1.78. The van der Waals surface area contributed by atoms with E-state index >= 15 is 0 Å². The Morgan fingerprint density at radius 3 is 3.00 bits per heavy atom. The molecule has 1 aliphatic carbocycles. The number of nitrogen functional groups attached to an aromatic ring is 1. The molecule has 0 aliphatic heterocycles. The Morgan fingerprint density at radius 2 is 2.31 bits per heavy atom. The number of aromatic nitrogens is 2. The Bertz CT molecular complexity index is 392. The van der Waals surface area contributed by atoms with E-state index in [2.05, 4.69) is 27.4 Å². The van der Waals surface area contributed by atoms with Crippen LogP contribution in [0, 0.1) is 0 Å². The van der Waals surface area contributed by atoms with Crippen molar-refractivity contribution in [1.82, 2.24) is 9.97 Å². The predicted molar refractivity (Wildman–Crippen MR) is 63.4 cm³/mol. The molecular formula is C11H16N4O. The normalized spacial score (nSPS) is 19.4. The highest BCUT2D eigenvalue weighted by Crippen LogP contribution is 2.19. The number of anilines is 2. The van der Waals surface area contributed by atoms with Crippen molar-refractivity contribution in [2.24, 2.45) is 0 Å². The summed E-state index contributed by atoms with van der Waals surface area (Å²) in [5, 5.41) is 3.33. The van der Waals surface area contributed by atoms with Gasteiger partial charge < -0.3 is 15.8 Å². The molecule has 5 heteroatoms. The molecule has 0 saturated heterocycles. The summed E-state index contributed by atoms with van der Waals surface area (Å²) < 4.78 is 5.04. The van der Waals surface area contributed by atoms with E-state index in [9.17, 15) is 0 Å². The smallest absolute Gasteiger partial charge is 0.225 e. The molecule has 86 valence electrons. The van der Waals surface area contributed by atoms with Crippen LogP contribution >= 0.6 is 0 Å². The number of hydrogen-bond acceptors (Lipinski definition) is 5. The van der Waals surface area contributed by atoms with Crippen molar-refractivity contribution >= 4 is 11.8 Å². The Morgan fingerprint density at radius 1 is 1.44 bits per heavy atom. The van der Waals surface area contributed by atoms with E-state index in [1.54, 1.807) is 13.2 Å². The van der Waals surface area contributed by atoms with Crippen molar-refractivity contribution in [3.05, 3.63) is 18.2 Å². The minimum Gasteiger partial charge on any atom is -0.481 e. The zero-order valence-corrected chi connectivity index (χ0v) is 9.31. The lowest BCUT2D eigenvalue weighted by atomic mass is 10.0. The molecule has 3 N–H and O–H groups in total. The van der Waals surface area contributed by atoms with Gasteiger partial charge in [-0.25, -0.2) is 0 Å². The SMILES string of the molecule is COc1cc(NC2CC=CCC2)nc(N)n1. The maximum absolute atomic E-state index is 5.58. The summed E-state index contributed by atoms with van der Waals surface area (Å²) in [6.07, 6.45) is 7.63. The first-order valence-corrected chi connectivity index (χ1v) is 5.38. The first-order valence-electron chi connectivity index (χ1n) is 5.38. The van der Waals surface area contributed by atoms with E-state index in [0.717, 1.165) is 25.1 Å². The molecule has 0 amide bonds. The van der Waals surface area contributed by atoms with Crippen LogP contribution in [0.2, 0.25) is 0 Å². The number of nitrogens with two attached hydrogens (primary N) is 1. The van der Waals surface area contributed by atoms with Gasteiger partial charge in [-0.05, 0) is 19.3 Å². The standard InChI is InChI=1S/C11H16N4O/c1-16-10-7-9(14-11(12)15-10)13-8-5-3-2-4-6-8/h2-3,7-8H,4-6H2,1H3,(H3,12,13,14,15). The molecule has 1 aromatic heterocycles. The molecule has 1 aromatic rings. The minimum absolute atomic E-state index is 0.230. The zero-order chi connectivity index (χ0) is 11.4. The van der Waals surface area contributed by atoms with Crippen LogP contribution in [-0.4, -0.2) is 23.1 Å². The van der Waals surface area contributed by atoms with Crippen molar-refractivity contribution < 1.29 is 4.74 Å². The second kappa shape index (κ2) is 4.83. The summed E-state index contributed by atoms with van der Waals surface area (Å²) in [5.41, 5.74) is 5.58. The van der Waals surface area contributed by atoms with Gasteiger partial charge in [0.1, 0.15) is 5.82 Å². The molecule has 16 heavy (non-hydrogen) atoms. The predicted octanol–water partition coefficient (Wildman–Crippen LogP) is 1.59. The van der Waals surface area contributed by atoms with Crippen molar-refractivity contribution in [3.8, 4) is 5.88 Å². The number of hydrogen-bond donors (Lipinski definition) is 2. The van der Waals surface area contributed by atoms with Crippen molar-refractivity contribution in [1.29, 1.82) is 0 Å². The summed E-state index contributed by atoms with van der Waals surface area (Å²) in [6, 6.07) is 2.18. The third-order valence-corrected chi connectivity index (χ3v) is 2.55. The van der Waals surface area contributed by atoms with Gasteiger partial charge in [0.05, 0.1) is 7.11 Å². The van der Waals surface area contributed by atoms with Crippen molar-refractivity contribution in [3.63, 3.8) is 0 Å². The van der Waals surface area contributed by atoms with Crippen molar-refractivity contribution in [2.45, 2.75) is 25.3 Å². The highest BCUT2D eigenvalue weighted by Gasteiger charge is 2.11. The summed E-state index contributed by atoms with van der Waals surface area (Å²) >= 11 is 0. The fraction of sp³-hybridized carbons (Fsp3) is 0.455. The van der Waals surface area contributed by atoms with Crippen LogP contribution in [0.3, 0.4) is 0 Å². The average Bonchev–Trinajstić information content (AvgIpc) is 2.29. The molecule has 0 spiro atoms. The molecule has 1 aliphatic rings. The molecule has 1 unspecified atom stereocenters. The monoisotopic (exact) mass is 220 g/mol. The van der Waals surface area contributed by atoms with E-state index in [1.807, 2.05) is 0 Å². The lowest BCUT2D eigenvalue weighted by molar-refractivity contribution is 0.398. The van der Waals surface area contributed by atoms with Crippen LogP contribution in [-0.2, 0) is 0 Å². The molecule has 0 fully saturated rings. The van der Waals surface area contributed by atoms with E-state index in [4.69, 9.17) is 10.5 Å². The van der Waals surface area contributed by atoms with Gasteiger partial charge in [0.25, 0.3) is 0 Å². The fourth-order valence-corrected chi connectivity index (χ4v) is 1.76. The summed E-state index contributed by atoms with van der Waals surface area (Å²) in [5.74, 6) is 1.44. The second-order valence-corrected chi connectivity index (χ2v) is 3.78. The van der Waals surface area contributed by atoms with Gasteiger partial charge in [0.2, 0.25) is 11.8 Å². The molecule has 5 nitrogen and oxygen atoms in total. The van der Waals surface area contributed by atoms with Gasteiger partial charge in [0, 0.05) is 12.1 Å². The number of rotatable bonds is 3. The van der Waals surface area contributed by atoms with Gasteiger partial charge in [-0.1, -0.05) is 12.2 Å². The quantitative estimate of drug-likeness (QED) is 0.757. The van der Waals surface area contributed by atoms with Gasteiger partial charge >= 0.3 is 0 Å². The molecule has 1 atom stereocenters. The minimum atomic E-state index is 0.230. The summed E-state index contributed by atoms with van der Waals surface area (Å²) in [4.78, 5) is 8.06. The fourth-order valence-electron chi connectivity index (χ4n) is 1.76. The molecule has 0 radical (unpaired) electrons. The van der Waals surface area contributed by atoms with Crippen LogP contribution in [0.1, 0.15) is 19.3 Å². The third kappa shape index (κ3) is 2.62. The van der Waals surface area contributed by atoms with E-state index in [0.29, 0.717) is 11.9 Å². The van der Waals surface area contributed by atoms with E-state index < -0.39 is 0 Å². The highest BCUT2D eigenvalue weighted by molar-refractivity contribution is 5.43. The number of allylic oxidation sites excluding steroid dienone is 1. The Labute approximate surface area is 94.7 Å². The van der Waals surface area contributed by atoms with Gasteiger partial charge in [-0.3, -0.25) is 0 Å². The summed E-state index contributed by atoms with van der Waals surface area (Å²) in [6.45, 7) is 0. The lowest BCUT2D eigenvalue weighted by Crippen LogP contribution is -2.21. The van der Waals surface area contributed by atoms with E-state index in [-0.39, 0.29) is 5.95 Å². The molecular weight excluding hydrogens is 204 g/mol. The van der Waals surface area contributed by atoms with Crippen LogP contribution < -0.4 is 15.8 Å². The van der Waals surface area contributed by atoms with Gasteiger partial charge in [-0.15, -0.1) is 0 Å². The number of methoxy groups -OCH3 is 1. The largest absolute Gasteiger partial charge is 0.481 e. The molecule has 2 rings (SSSR count). The molecule has 1 heterocycles. The van der Waals surface area contributed by atoms with Gasteiger partial charge in [-0.2, -0.15) is 9.97 Å². The topological polar surface area (TPSA) is 73.1 Å². The Balaban J connectivity index is 2.08. The maximum atomic E-state index is 5.58. The van der Waals surface area contributed by atoms with Gasteiger partial charge in [0.15, 0.2) is 0 Å². The van der Waals surface area contributed by atoms with Crippen LogP contribution in [0.5, 0.6) is 5.88 Å². The maximum Gasteiger partial charge on any atom is 0.225 e. The lowest BCUT2D eigenvalue weighted by Gasteiger charge is -2.20. The third-order valence-electron chi connectivity index (χ3n) is 2.55. The first-order chi connectivity index (χ1) is 7.78. The van der Waals surface area contributed by atoms with E-state index in [1.165, 1.54) is 0 Å². The number of nitrogens with one attached hydrogen (secondary N) is 1. The van der Waals surface area contributed by atoms with Crippen molar-refractivity contribution in [2.75, 3.05) is 18.2 Å². The van der Waals surface area contributed by atoms with Crippen LogP contribution in [0.15, 0.2) is 18.2 Å². The zero-order valence-electron chi connectivity index (χ0n) is 9.31. The molecule has 0 aromatic carbocycles. The number of nitrogens with zero attached hydrogens (tertiary/aromatic N) is 2. The molecule has 0 saturated carbocycles. The van der Waals surface area contributed by atoms with Crippen LogP contribution in [0.25, 0.3) is 0 Å². The average molecular weight is 220 g/mol. The number of ether oxygens (including phenoxy) is 1. The highest BCUT2D eigenvalue weighted by atomic mass is 16.5. The van der Waals surface area contributed by atoms with Crippen LogP contribution in [0.4, 0.5) is 11.8 Å². The second-order valence-electron chi connectivity index (χ2n) is 3.78.